The quantitative estimate of drug-likeness (QED) is 0.836. The number of piperidine rings is 1. The predicted octanol–water partition coefficient (Wildman–Crippen LogP) is 2.19. The molecule has 1 aromatic heterocycles. The molecule has 1 aliphatic carbocycles. The molecule has 3 atom stereocenters. The summed E-state index contributed by atoms with van der Waals surface area (Å²) in [6.07, 6.45) is 3.64. The van der Waals surface area contributed by atoms with Gasteiger partial charge in [0.2, 0.25) is 0 Å². The highest BCUT2D eigenvalue weighted by atomic mass is 32.1. The first-order valence-electron chi connectivity index (χ1n) is 5.64. The smallest absolute Gasteiger partial charge is 0.185 e. The molecule has 82 valence electrons. The number of anilines is 1. The lowest BCUT2D eigenvalue weighted by Gasteiger charge is -2.26. The Hall–Kier alpha value is -0.610. The van der Waals surface area contributed by atoms with E-state index in [1.807, 2.05) is 5.38 Å². The summed E-state index contributed by atoms with van der Waals surface area (Å²) in [5.74, 6) is 0.897. The number of aromatic nitrogens is 1. The van der Waals surface area contributed by atoms with Gasteiger partial charge in [0.1, 0.15) is 0 Å². The standard InChI is InChI=1S/C11H16N2OS/c1-7(14)10-6-15-11(12-10)13-5-8-2-3-9(13)4-8/h6-9,14H,2-5H2,1H3. The average Bonchev–Trinajstić information content (AvgIpc) is 2.93. The van der Waals surface area contributed by atoms with Crippen molar-refractivity contribution in [3.8, 4) is 0 Å². The van der Waals surface area contributed by atoms with E-state index in [1.54, 1.807) is 18.3 Å². The van der Waals surface area contributed by atoms with E-state index in [0.717, 1.165) is 22.8 Å². The highest BCUT2D eigenvalue weighted by Crippen LogP contribution is 2.41. The van der Waals surface area contributed by atoms with Crippen LogP contribution in [0.25, 0.3) is 0 Å². The summed E-state index contributed by atoms with van der Waals surface area (Å²) >= 11 is 1.67. The molecule has 4 heteroatoms. The molecule has 3 nitrogen and oxygen atoms in total. The van der Waals surface area contributed by atoms with Crippen molar-refractivity contribution in [2.24, 2.45) is 5.92 Å². The summed E-state index contributed by atoms with van der Waals surface area (Å²) in [6.45, 7) is 2.95. The van der Waals surface area contributed by atoms with E-state index in [1.165, 1.54) is 25.8 Å². The molecule has 15 heavy (non-hydrogen) atoms. The van der Waals surface area contributed by atoms with E-state index in [-0.39, 0.29) is 0 Å². The van der Waals surface area contributed by atoms with Gasteiger partial charge in [-0.2, -0.15) is 0 Å². The van der Waals surface area contributed by atoms with Gasteiger partial charge >= 0.3 is 0 Å². The van der Waals surface area contributed by atoms with Crippen LogP contribution >= 0.6 is 11.3 Å². The molecule has 1 aliphatic heterocycles. The van der Waals surface area contributed by atoms with Gasteiger partial charge in [-0.3, -0.25) is 0 Å². The molecule has 1 saturated carbocycles. The predicted molar refractivity (Wildman–Crippen MR) is 61.2 cm³/mol. The topological polar surface area (TPSA) is 36.4 Å². The van der Waals surface area contributed by atoms with Gasteiger partial charge in [-0.05, 0) is 32.1 Å². The summed E-state index contributed by atoms with van der Waals surface area (Å²) in [5, 5.41) is 12.5. The molecule has 2 aliphatic rings. The number of aliphatic hydroxyl groups excluding tert-OH is 1. The second-order valence-corrected chi connectivity index (χ2v) is 5.55. The van der Waals surface area contributed by atoms with Crippen LogP contribution < -0.4 is 4.90 Å². The third-order valence-electron chi connectivity index (χ3n) is 3.59. The van der Waals surface area contributed by atoms with Crippen molar-refractivity contribution in [3.05, 3.63) is 11.1 Å². The summed E-state index contributed by atoms with van der Waals surface area (Å²) in [5.41, 5.74) is 0.817. The van der Waals surface area contributed by atoms with Crippen molar-refractivity contribution in [2.45, 2.75) is 38.3 Å². The molecule has 1 aromatic rings. The van der Waals surface area contributed by atoms with E-state index < -0.39 is 6.10 Å². The zero-order valence-electron chi connectivity index (χ0n) is 8.89. The normalized spacial score (nSPS) is 31.2. The van der Waals surface area contributed by atoms with Crippen molar-refractivity contribution >= 4 is 16.5 Å². The lowest BCUT2D eigenvalue weighted by Crippen LogP contribution is -2.31. The molecule has 0 amide bonds. The zero-order chi connectivity index (χ0) is 10.4. The van der Waals surface area contributed by atoms with Crippen LogP contribution in [0.2, 0.25) is 0 Å². The maximum atomic E-state index is 9.44. The van der Waals surface area contributed by atoms with Gasteiger partial charge in [0.25, 0.3) is 0 Å². The molecule has 2 fully saturated rings. The number of fused-ring (bicyclic) bond motifs is 2. The molecule has 1 saturated heterocycles. The fourth-order valence-corrected chi connectivity index (χ4v) is 3.75. The van der Waals surface area contributed by atoms with Gasteiger partial charge < -0.3 is 10.0 Å². The molecule has 3 rings (SSSR count). The molecular formula is C11H16N2OS. The van der Waals surface area contributed by atoms with E-state index in [9.17, 15) is 5.11 Å². The summed E-state index contributed by atoms with van der Waals surface area (Å²) in [6, 6.07) is 0.725. The van der Waals surface area contributed by atoms with Crippen LogP contribution in [0.5, 0.6) is 0 Å². The first kappa shape index (κ1) is 9.60. The molecule has 0 spiro atoms. The van der Waals surface area contributed by atoms with Crippen molar-refractivity contribution in [2.75, 3.05) is 11.4 Å². The van der Waals surface area contributed by atoms with E-state index in [0.29, 0.717) is 0 Å². The van der Waals surface area contributed by atoms with E-state index >= 15 is 0 Å². The lowest BCUT2D eigenvalue weighted by molar-refractivity contribution is 0.195. The Morgan fingerprint density at radius 3 is 3.00 bits per heavy atom. The highest BCUT2D eigenvalue weighted by molar-refractivity contribution is 7.13. The third-order valence-corrected chi connectivity index (χ3v) is 4.49. The Balaban J connectivity index is 1.81. The number of nitrogens with zero attached hydrogens (tertiary/aromatic N) is 2. The van der Waals surface area contributed by atoms with E-state index in [4.69, 9.17) is 0 Å². The second kappa shape index (κ2) is 3.46. The molecule has 2 bridgehead atoms. The Bertz CT molecular complexity index is 363. The summed E-state index contributed by atoms with van der Waals surface area (Å²) in [7, 11) is 0. The molecule has 3 unspecified atom stereocenters. The number of aliphatic hydroxyl groups is 1. The largest absolute Gasteiger partial charge is 0.387 e. The van der Waals surface area contributed by atoms with Crippen molar-refractivity contribution < 1.29 is 5.11 Å². The minimum Gasteiger partial charge on any atom is -0.387 e. The first-order valence-corrected chi connectivity index (χ1v) is 6.52. The molecule has 1 N–H and O–H groups in total. The van der Waals surface area contributed by atoms with Gasteiger partial charge in [0.05, 0.1) is 11.8 Å². The van der Waals surface area contributed by atoms with Crippen LogP contribution in [0.4, 0.5) is 5.13 Å². The van der Waals surface area contributed by atoms with Gasteiger partial charge in [-0.15, -0.1) is 11.3 Å². The maximum Gasteiger partial charge on any atom is 0.185 e. The molecule has 2 heterocycles. The van der Waals surface area contributed by atoms with Crippen LogP contribution in [0.3, 0.4) is 0 Å². The minimum absolute atomic E-state index is 0.435. The van der Waals surface area contributed by atoms with E-state index in [2.05, 4.69) is 9.88 Å². The Morgan fingerprint density at radius 1 is 1.60 bits per heavy atom. The Morgan fingerprint density at radius 2 is 2.47 bits per heavy atom. The van der Waals surface area contributed by atoms with Gasteiger partial charge in [0, 0.05) is 18.0 Å². The SMILES string of the molecule is CC(O)c1csc(N2CC3CCC2C3)n1. The summed E-state index contributed by atoms with van der Waals surface area (Å²) < 4.78 is 0. The second-order valence-electron chi connectivity index (χ2n) is 4.72. The number of thiazole rings is 1. The van der Waals surface area contributed by atoms with Crippen LogP contribution in [0.15, 0.2) is 5.38 Å². The lowest BCUT2D eigenvalue weighted by atomic mass is 10.1. The number of rotatable bonds is 2. The summed E-state index contributed by atoms with van der Waals surface area (Å²) in [4.78, 5) is 6.94. The fourth-order valence-electron chi connectivity index (χ4n) is 2.76. The third kappa shape index (κ3) is 1.56. The van der Waals surface area contributed by atoms with Gasteiger partial charge in [0.15, 0.2) is 5.13 Å². The van der Waals surface area contributed by atoms with Crippen LogP contribution in [0, 0.1) is 5.92 Å². The Labute approximate surface area is 93.8 Å². The molecule has 0 radical (unpaired) electrons. The monoisotopic (exact) mass is 224 g/mol. The van der Waals surface area contributed by atoms with Crippen molar-refractivity contribution in [1.29, 1.82) is 0 Å². The van der Waals surface area contributed by atoms with Gasteiger partial charge in [-0.1, -0.05) is 0 Å². The zero-order valence-corrected chi connectivity index (χ0v) is 9.70. The van der Waals surface area contributed by atoms with Crippen LogP contribution in [-0.4, -0.2) is 22.7 Å². The van der Waals surface area contributed by atoms with Crippen LogP contribution in [0.1, 0.15) is 38.0 Å². The first-order chi connectivity index (χ1) is 7.24. The highest BCUT2D eigenvalue weighted by Gasteiger charge is 2.38. The minimum atomic E-state index is -0.435. The number of hydrogen-bond acceptors (Lipinski definition) is 4. The Kier molecular flexibility index (Phi) is 2.21. The van der Waals surface area contributed by atoms with Crippen molar-refractivity contribution in [3.63, 3.8) is 0 Å². The van der Waals surface area contributed by atoms with Crippen molar-refractivity contribution in [1.82, 2.24) is 4.98 Å². The average molecular weight is 224 g/mol. The van der Waals surface area contributed by atoms with Gasteiger partial charge in [-0.25, -0.2) is 4.98 Å². The number of hydrogen-bond donors (Lipinski definition) is 1. The maximum absolute atomic E-state index is 9.44. The fraction of sp³-hybridized carbons (Fsp3) is 0.727. The molecule has 0 aromatic carbocycles. The van der Waals surface area contributed by atoms with Crippen LogP contribution in [-0.2, 0) is 0 Å². The molecular weight excluding hydrogens is 208 g/mol.